The van der Waals surface area contributed by atoms with E-state index in [1.807, 2.05) is 42.5 Å². The van der Waals surface area contributed by atoms with Gasteiger partial charge in [0.25, 0.3) is 0 Å². The Labute approximate surface area is 150 Å². The summed E-state index contributed by atoms with van der Waals surface area (Å²) in [6, 6.07) is 18.3. The minimum atomic E-state index is -0.133. The third-order valence-corrected chi connectivity index (χ3v) is 4.88. The quantitative estimate of drug-likeness (QED) is 0.705. The first kappa shape index (κ1) is 15.9. The number of thioether (sulfide) groups is 1. The summed E-state index contributed by atoms with van der Waals surface area (Å²) in [7, 11) is 0. The highest BCUT2D eigenvalue weighted by molar-refractivity contribution is 7.98. The molecule has 0 fully saturated rings. The molecule has 0 unspecified atom stereocenters. The van der Waals surface area contributed by atoms with Crippen LogP contribution in [-0.2, 0) is 5.75 Å². The number of nitrogens with zero attached hydrogens (tertiary/aromatic N) is 3. The highest BCUT2D eigenvalue weighted by atomic mass is 32.2. The first-order chi connectivity index (χ1) is 12.3. The van der Waals surface area contributed by atoms with E-state index in [1.54, 1.807) is 11.8 Å². The predicted molar refractivity (Wildman–Crippen MR) is 99.6 cm³/mol. The second kappa shape index (κ2) is 7.11. The first-order valence-electron chi connectivity index (χ1n) is 8.27. The highest BCUT2D eigenvalue weighted by Gasteiger charge is 2.23. The summed E-state index contributed by atoms with van der Waals surface area (Å²) < 4.78 is 6.04. The fourth-order valence-corrected chi connectivity index (χ4v) is 3.40. The van der Waals surface area contributed by atoms with E-state index in [2.05, 4.69) is 39.6 Å². The molecule has 0 radical (unpaired) electrons. The molecule has 5 nitrogen and oxygen atoms in total. The van der Waals surface area contributed by atoms with Gasteiger partial charge in [0.15, 0.2) is 11.9 Å². The van der Waals surface area contributed by atoms with Crippen molar-refractivity contribution in [2.75, 3.05) is 5.32 Å². The molecule has 2 heterocycles. The monoisotopic (exact) mass is 350 g/mol. The van der Waals surface area contributed by atoms with Crippen molar-refractivity contribution < 1.29 is 4.74 Å². The minimum absolute atomic E-state index is 0.133. The van der Waals surface area contributed by atoms with Crippen molar-refractivity contribution in [3.8, 4) is 17.1 Å². The van der Waals surface area contributed by atoms with Crippen LogP contribution < -0.4 is 10.1 Å². The summed E-state index contributed by atoms with van der Waals surface area (Å²) in [5.74, 6) is 1.34. The third kappa shape index (κ3) is 3.44. The molecule has 1 aliphatic heterocycles. The maximum absolute atomic E-state index is 6.04. The van der Waals surface area contributed by atoms with Gasteiger partial charge < -0.3 is 10.1 Å². The van der Waals surface area contributed by atoms with E-state index in [9.17, 15) is 0 Å². The molecule has 3 aromatic rings. The van der Waals surface area contributed by atoms with Gasteiger partial charge in [-0.2, -0.15) is 4.98 Å². The van der Waals surface area contributed by atoms with Crippen LogP contribution in [0.25, 0.3) is 11.3 Å². The average Bonchev–Trinajstić information content (AvgIpc) is 2.83. The van der Waals surface area contributed by atoms with Crippen molar-refractivity contribution in [2.45, 2.75) is 30.5 Å². The lowest BCUT2D eigenvalue weighted by atomic mass is 10.1. The van der Waals surface area contributed by atoms with E-state index in [-0.39, 0.29) is 6.23 Å². The Bertz CT molecular complexity index is 872. The number of nitrogens with one attached hydrogen (secondary N) is 1. The second-order valence-electron chi connectivity index (χ2n) is 5.73. The molecule has 1 aromatic heterocycles. The normalized spacial score (nSPS) is 15.3. The molecule has 4 rings (SSSR count). The summed E-state index contributed by atoms with van der Waals surface area (Å²) in [5, 5.41) is 12.7. The molecule has 0 spiro atoms. The zero-order valence-electron chi connectivity index (χ0n) is 13.8. The van der Waals surface area contributed by atoms with Crippen LogP contribution in [0.1, 0.15) is 18.9 Å². The van der Waals surface area contributed by atoms with Gasteiger partial charge in [-0.3, -0.25) is 0 Å². The number of fused-ring (bicyclic) bond motifs is 3. The second-order valence-corrected chi connectivity index (χ2v) is 6.67. The number of ether oxygens (including phenoxy) is 1. The van der Waals surface area contributed by atoms with E-state index < -0.39 is 0 Å². The van der Waals surface area contributed by atoms with Crippen LogP contribution in [0, 0.1) is 0 Å². The van der Waals surface area contributed by atoms with Crippen LogP contribution in [-0.4, -0.2) is 21.4 Å². The Balaban J connectivity index is 1.64. The van der Waals surface area contributed by atoms with Crippen molar-refractivity contribution >= 4 is 17.4 Å². The molecular formula is C19H18N4OS. The molecule has 6 heteroatoms. The summed E-state index contributed by atoms with van der Waals surface area (Å²) in [5.41, 5.74) is 3.87. The van der Waals surface area contributed by atoms with Crippen LogP contribution in [0.4, 0.5) is 5.69 Å². The van der Waals surface area contributed by atoms with Crippen LogP contribution in [0.3, 0.4) is 0 Å². The van der Waals surface area contributed by atoms with Gasteiger partial charge in [-0.1, -0.05) is 67.2 Å². The Morgan fingerprint density at radius 2 is 1.84 bits per heavy atom. The lowest BCUT2D eigenvalue weighted by molar-refractivity contribution is 0.216. The standard InChI is InChI=1S/C19H18N4OS/c1-2-16-20-15-11-7-6-10-14(15)17-18(24-16)21-19(23-22-17)25-12-13-8-4-3-5-9-13/h3-11,16,20H,2,12H2,1H3/t16-/m0/s1. The third-order valence-electron chi connectivity index (χ3n) is 3.97. The number of benzene rings is 2. The van der Waals surface area contributed by atoms with Crippen molar-refractivity contribution in [1.29, 1.82) is 0 Å². The molecule has 126 valence electrons. The number of hydrogen-bond donors (Lipinski definition) is 1. The molecule has 2 aromatic carbocycles. The Kier molecular flexibility index (Phi) is 4.52. The van der Waals surface area contributed by atoms with Crippen molar-refractivity contribution in [3.05, 3.63) is 60.2 Å². The van der Waals surface area contributed by atoms with Crippen LogP contribution in [0.15, 0.2) is 59.8 Å². The van der Waals surface area contributed by atoms with Crippen LogP contribution >= 0.6 is 11.8 Å². The minimum Gasteiger partial charge on any atom is -0.452 e. The van der Waals surface area contributed by atoms with Gasteiger partial charge in [-0.15, -0.1) is 10.2 Å². The lowest BCUT2D eigenvalue weighted by Crippen LogP contribution is -2.24. The molecule has 0 saturated heterocycles. The van der Waals surface area contributed by atoms with Gasteiger partial charge >= 0.3 is 0 Å². The van der Waals surface area contributed by atoms with E-state index >= 15 is 0 Å². The van der Waals surface area contributed by atoms with Gasteiger partial charge in [-0.05, 0) is 11.6 Å². The van der Waals surface area contributed by atoms with E-state index in [4.69, 9.17) is 4.74 Å². The van der Waals surface area contributed by atoms with Crippen molar-refractivity contribution in [3.63, 3.8) is 0 Å². The number of para-hydroxylation sites is 1. The summed E-state index contributed by atoms with van der Waals surface area (Å²) in [4.78, 5) is 4.61. The summed E-state index contributed by atoms with van der Waals surface area (Å²) >= 11 is 1.56. The summed E-state index contributed by atoms with van der Waals surface area (Å²) in [6.45, 7) is 2.07. The van der Waals surface area contributed by atoms with Crippen LogP contribution in [0.5, 0.6) is 5.88 Å². The number of aromatic nitrogens is 3. The van der Waals surface area contributed by atoms with Crippen LogP contribution in [0.2, 0.25) is 0 Å². The zero-order valence-corrected chi connectivity index (χ0v) is 14.7. The molecule has 1 N–H and O–H groups in total. The molecule has 0 saturated carbocycles. The molecular weight excluding hydrogens is 332 g/mol. The van der Waals surface area contributed by atoms with Gasteiger partial charge in [0, 0.05) is 23.4 Å². The fraction of sp³-hybridized carbons (Fsp3) is 0.211. The number of hydrogen-bond acceptors (Lipinski definition) is 6. The largest absolute Gasteiger partial charge is 0.452 e. The average molecular weight is 350 g/mol. The van der Waals surface area contributed by atoms with E-state index in [1.165, 1.54) is 5.56 Å². The number of rotatable bonds is 4. The smallest absolute Gasteiger partial charge is 0.247 e. The lowest BCUT2D eigenvalue weighted by Gasteiger charge is -2.16. The maximum atomic E-state index is 6.04. The van der Waals surface area contributed by atoms with Gasteiger partial charge in [0.05, 0.1) is 0 Å². The molecule has 1 aliphatic rings. The zero-order chi connectivity index (χ0) is 17.1. The van der Waals surface area contributed by atoms with E-state index in [0.29, 0.717) is 16.7 Å². The Hall–Kier alpha value is -2.60. The molecule has 0 aliphatic carbocycles. The Morgan fingerprint density at radius 1 is 1.04 bits per heavy atom. The predicted octanol–water partition coefficient (Wildman–Crippen LogP) is 4.37. The van der Waals surface area contributed by atoms with Gasteiger partial charge in [0.2, 0.25) is 11.0 Å². The molecule has 0 bridgehead atoms. The van der Waals surface area contributed by atoms with Gasteiger partial charge in [0.1, 0.15) is 0 Å². The van der Waals surface area contributed by atoms with E-state index in [0.717, 1.165) is 23.4 Å². The van der Waals surface area contributed by atoms with Crippen molar-refractivity contribution in [2.24, 2.45) is 0 Å². The SMILES string of the molecule is CC[C@H]1Nc2ccccc2-c2nnc(SCc3ccccc3)nc2O1. The summed E-state index contributed by atoms with van der Waals surface area (Å²) in [6.07, 6.45) is 0.690. The first-order valence-corrected chi connectivity index (χ1v) is 9.26. The van der Waals surface area contributed by atoms with Crippen molar-refractivity contribution in [1.82, 2.24) is 15.2 Å². The maximum Gasteiger partial charge on any atom is 0.247 e. The topological polar surface area (TPSA) is 59.9 Å². The number of anilines is 1. The molecule has 1 atom stereocenters. The Morgan fingerprint density at radius 3 is 2.68 bits per heavy atom. The fourth-order valence-electron chi connectivity index (χ4n) is 2.67. The molecule has 0 amide bonds. The molecule has 25 heavy (non-hydrogen) atoms. The van der Waals surface area contributed by atoms with Gasteiger partial charge in [-0.25, -0.2) is 0 Å². The highest BCUT2D eigenvalue weighted by Crippen LogP contribution is 2.36.